The van der Waals surface area contributed by atoms with Crippen molar-refractivity contribution in [3.63, 3.8) is 0 Å². The standard InChI is InChI=1S/C15H17NO3S/c1-10(2)16(9-14-4-3-5-20-14)15(19)11-6-12(17)8-13(18)7-11/h3-8,10,17-18H,9H2,1-2H3. The zero-order chi connectivity index (χ0) is 14.7. The first-order chi connectivity index (χ1) is 9.47. The number of phenolic OH excluding ortho intramolecular Hbond substituents is 2. The van der Waals surface area contributed by atoms with Crippen molar-refractivity contribution in [2.45, 2.75) is 26.4 Å². The molecule has 1 aromatic carbocycles. The zero-order valence-electron chi connectivity index (χ0n) is 11.4. The summed E-state index contributed by atoms with van der Waals surface area (Å²) in [5.41, 5.74) is 0.285. The van der Waals surface area contributed by atoms with E-state index in [1.165, 1.54) is 18.2 Å². The number of rotatable bonds is 4. The second-order valence-corrected chi connectivity index (χ2v) is 5.88. The molecule has 2 aromatic rings. The van der Waals surface area contributed by atoms with E-state index in [2.05, 4.69) is 0 Å². The minimum atomic E-state index is -0.209. The number of thiophene rings is 1. The number of benzene rings is 1. The van der Waals surface area contributed by atoms with Gasteiger partial charge in [-0.25, -0.2) is 0 Å². The molecule has 2 rings (SSSR count). The molecule has 0 saturated carbocycles. The molecule has 106 valence electrons. The average molecular weight is 291 g/mol. The largest absolute Gasteiger partial charge is 0.508 e. The van der Waals surface area contributed by atoms with Crippen LogP contribution in [-0.2, 0) is 6.54 Å². The third kappa shape index (κ3) is 3.30. The van der Waals surface area contributed by atoms with Crippen molar-refractivity contribution >= 4 is 17.2 Å². The zero-order valence-corrected chi connectivity index (χ0v) is 12.2. The lowest BCUT2D eigenvalue weighted by Gasteiger charge is -2.26. The Kier molecular flexibility index (Phi) is 4.29. The van der Waals surface area contributed by atoms with Gasteiger partial charge in [-0.3, -0.25) is 4.79 Å². The van der Waals surface area contributed by atoms with Gasteiger partial charge in [-0.1, -0.05) is 6.07 Å². The second-order valence-electron chi connectivity index (χ2n) is 4.84. The van der Waals surface area contributed by atoms with Gasteiger partial charge in [0.25, 0.3) is 5.91 Å². The number of aromatic hydroxyl groups is 2. The summed E-state index contributed by atoms with van der Waals surface area (Å²) in [6, 6.07) is 7.89. The molecule has 0 aliphatic rings. The van der Waals surface area contributed by atoms with E-state index in [4.69, 9.17) is 0 Å². The van der Waals surface area contributed by atoms with Gasteiger partial charge in [0.2, 0.25) is 0 Å². The third-order valence-electron chi connectivity index (χ3n) is 2.94. The quantitative estimate of drug-likeness (QED) is 0.909. The highest BCUT2D eigenvalue weighted by molar-refractivity contribution is 7.09. The Hall–Kier alpha value is -2.01. The molecule has 1 heterocycles. The molecule has 0 unspecified atom stereocenters. The fourth-order valence-corrected chi connectivity index (χ4v) is 2.65. The predicted molar refractivity (Wildman–Crippen MR) is 79.1 cm³/mol. The van der Waals surface area contributed by atoms with Gasteiger partial charge in [0, 0.05) is 22.5 Å². The van der Waals surface area contributed by atoms with Crippen LogP contribution in [0.1, 0.15) is 29.1 Å². The SMILES string of the molecule is CC(C)N(Cc1cccs1)C(=O)c1cc(O)cc(O)c1. The molecule has 1 aromatic heterocycles. The molecule has 0 radical (unpaired) electrons. The smallest absolute Gasteiger partial charge is 0.254 e. The van der Waals surface area contributed by atoms with Gasteiger partial charge in [-0.15, -0.1) is 11.3 Å². The molecule has 0 aliphatic carbocycles. The van der Waals surface area contributed by atoms with Gasteiger partial charge in [0.1, 0.15) is 11.5 Å². The maximum atomic E-state index is 12.5. The average Bonchev–Trinajstić information content (AvgIpc) is 2.86. The first kappa shape index (κ1) is 14.4. The van der Waals surface area contributed by atoms with E-state index in [1.807, 2.05) is 31.4 Å². The van der Waals surface area contributed by atoms with Crippen LogP contribution in [0, 0.1) is 0 Å². The summed E-state index contributed by atoms with van der Waals surface area (Å²) in [5.74, 6) is -0.444. The van der Waals surface area contributed by atoms with E-state index in [0.717, 1.165) is 4.88 Å². The maximum absolute atomic E-state index is 12.5. The van der Waals surface area contributed by atoms with E-state index < -0.39 is 0 Å². The van der Waals surface area contributed by atoms with Crippen LogP contribution in [0.15, 0.2) is 35.7 Å². The molecule has 5 heteroatoms. The van der Waals surface area contributed by atoms with Crippen LogP contribution in [0.2, 0.25) is 0 Å². The van der Waals surface area contributed by atoms with Crippen molar-refractivity contribution in [2.24, 2.45) is 0 Å². The lowest BCUT2D eigenvalue weighted by molar-refractivity contribution is 0.0691. The van der Waals surface area contributed by atoms with Gasteiger partial charge in [0.15, 0.2) is 0 Å². The molecule has 0 spiro atoms. The van der Waals surface area contributed by atoms with Crippen molar-refractivity contribution in [1.82, 2.24) is 4.90 Å². The van der Waals surface area contributed by atoms with E-state index in [-0.39, 0.29) is 29.0 Å². The number of nitrogens with zero attached hydrogens (tertiary/aromatic N) is 1. The number of phenols is 2. The van der Waals surface area contributed by atoms with E-state index in [0.29, 0.717) is 6.54 Å². The van der Waals surface area contributed by atoms with E-state index in [1.54, 1.807) is 16.2 Å². The van der Waals surface area contributed by atoms with Crippen LogP contribution in [-0.4, -0.2) is 27.1 Å². The minimum Gasteiger partial charge on any atom is -0.508 e. The lowest BCUT2D eigenvalue weighted by Crippen LogP contribution is -2.36. The molecule has 0 atom stereocenters. The number of carbonyl (C=O) groups is 1. The number of hydrogen-bond acceptors (Lipinski definition) is 4. The van der Waals surface area contributed by atoms with Crippen molar-refractivity contribution in [2.75, 3.05) is 0 Å². The summed E-state index contributed by atoms with van der Waals surface area (Å²) in [7, 11) is 0. The summed E-state index contributed by atoms with van der Waals surface area (Å²) in [6.45, 7) is 4.40. The normalized spacial score (nSPS) is 10.8. The highest BCUT2D eigenvalue weighted by Gasteiger charge is 2.20. The van der Waals surface area contributed by atoms with Gasteiger partial charge >= 0.3 is 0 Å². The van der Waals surface area contributed by atoms with Crippen molar-refractivity contribution in [1.29, 1.82) is 0 Å². The maximum Gasteiger partial charge on any atom is 0.254 e. The summed E-state index contributed by atoms with van der Waals surface area (Å²) in [4.78, 5) is 15.3. The molecule has 4 nitrogen and oxygen atoms in total. The highest BCUT2D eigenvalue weighted by atomic mass is 32.1. The number of carbonyl (C=O) groups excluding carboxylic acids is 1. The van der Waals surface area contributed by atoms with E-state index >= 15 is 0 Å². The molecule has 20 heavy (non-hydrogen) atoms. The van der Waals surface area contributed by atoms with E-state index in [9.17, 15) is 15.0 Å². The minimum absolute atomic E-state index is 0.0223. The Bertz CT molecular complexity index is 573. The van der Waals surface area contributed by atoms with Crippen LogP contribution in [0.5, 0.6) is 11.5 Å². The van der Waals surface area contributed by atoms with Gasteiger partial charge in [-0.05, 0) is 37.4 Å². The van der Waals surface area contributed by atoms with Crippen LogP contribution in [0.25, 0.3) is 0 Å². The topological polar surface area (TPSA) is 60.8 Å². The third-order valence-corrected chi connectivity index (χ3v) is 3.80. The summed E-state index contributed by atoms with van der Waals surface area (Å²) in [6.07, 6.45) is 0. The number of amides is 1. The van der Waals surface area contributed by atoms with Crippen molar-refractivity contribution in [3.8, 4) is 11.5 Å². The van der Waals surface area contributed by atoms with Gasteiger partial charge < -0.3 is 15.1 Å². The fraction of sp³-hybridized carbons (Fsp3) is 0.267. The monoisotopic (exact) mass is 291 g/mol. The Morgan fingerprint density at radius 1 is 1.25 bits per heavy atom. The predicted octanol–water partition coefficient (Wildman–Crippen LogP) is 3.21. The lowest BCUT2D eigenvalue weighted by atomic mass is 10.1. The van der Waals surface area contributed by atoms with Crippen molar-refractivity contribution in [3.05, 3.63) is 46.2 Å². The Morgan fingerprint density at radius 3 is 2.40 bits per heavy atom. The molecule has 0 saturated heterocycles. The molecule has 1 amide bonds. The fourth-order valence-electron chi connectivity index (χ4n) is 1.94. The molecule has 0 bridgehead atoms. The first-order valence-corrected chi connectivity index (χ1v) is 7.21. The van der Waals surface area contributed by atoms with Crippen molar-refractivity contribution < 1.29 is 15.0 Å². The Morgan fingerprint density at radius 2 is 1.90 bits per heavy atom. The number of hydrogen-bond donors (Lipinski definition) is 2. The van der Waals surface area contributed by atoms with Crippen LogP contribution >= 0.6 is 11.3 Å². The Labute approximate surface area is 121 Å². The molecule has 0 aliphatic heterocycles. The van der Waals surface area contributed by atoms with Crippen LogP contribution in [0.4, 0.5) is 0 Å². The highest BCUT2D eigenvalue weighted by Crippen LogP contribution is 2.23. The van der Waals surface area contributed by atoms with Crippen LogP contribution < -0.4 is 0 Å². The summed E-state index contributed by atoms with van der Waals surface area (Å²) < 4.78 is 0. The molecular weight excluding hydrogens is 274 g/mol. The second kappa shape index (κ2) is 5.96. The summed E-state index contributed by atoms with van der Waals surface area (Å²) >= 11 is 1.59. The van der Waals surface area contributed by atoms with Gasteiger partial charge in [-0.2, -0.15) is 0 Å². The van der Waals surface area contributed by atoms with Crippen LogP contribution in [0.3, 0.4) is 0 Å². The van der Waals surface area contributed by atoms with Gasteiger partial charge in [0.05, 0.1) is 6.54 Å². The molecular formula is C15H17NO3S. The molecule has 0 fully saturated rings. The molecule has 2 N–H and O–H groups in total. The summed E-state index contributed by atoms with van der Waals surface area (Å²) in [5, 5.41) is 21.0. The Balaban J connectivity index is 2.26. The first-order valence-electron chi connectivity index (χ1n) is 6.33.